The quantitative estimate of drug-likeness (QED) is 0.567. The van der Waals surface area contributed by atoms with Gasteiger partial charge >= 0.3 is 0 Å². The highest BCUT2D eigenvalue weighted by molar-refractivity contribution is 6.07. The van der Waals surface area contributed by atoms with Crippen LogP contribution >= 0.6 is 11.9 Å². The van der Waals surface area contributed by atoms with E-state index in [1.165, 1.54) is 0 Å². The molecule has 0 aromatic heterocycles. The lowest BCUT2D eigenvalue weighted by molar-refractivity contribution is 0.0719. The van der Waals surface area contributed by atoms with E-state index >= 15 is 0 Å². The maximum Gasteiger partial charge on any atom is 0.0864 e. The summed E-state index contributed by atoms with van der Waals surface area (Å²) in [5, 5.41) is 0. The summed E-state index contributed by atoms with van der Waals surface area (Å²) in [4.78, 5) is 0. The average molecular weight is 137 g/mol. The summed E-state index contributed by atoms with van der Waals surface area (Å²) in [7, 11) is 0. The minimum Gasteiger partial charge on any atom is -0.273 e. The third-order valence-corrected chi connectivity index (χ3v) is 1.99. The minimum absolute atomic E-state index is 0.193. The maximum atomic E-state index is 5.19. The molecule has 0 amide bonds. The maximum absolute atomic E-state index is 5.19. The Morgan fingerprint density at radius 2 is 1.75 bits per heavy atom. The molecule has 0 heterocycles. The Balaban J connectivity index is 3.71. The molecule has 0 atom stereocenters. The highest BCUT2D eigenvalue weighted by Gasteiger charge is 2.22. The van der Waals surface area contributed by atoms with Gasteiger partial charge in [-0.2, -0.15) is 0 Å². The van der Waals surface area contributed by atoms with Crippen molar-refractivity contribution in [3.8, 4) is 0 Å². The minimum atomic E-state index is -0.193. The summed E-state index contributed by atoms with van der Waals surface area (Å²) < 4.78 is 4.67. The van der Waals surface area contributed by atoms with Crippen LogP contribution < -0.4 is 0 Å². The van der Waals surface area contributed by atoms with Crippen molar-refractivity contribution in [3.05, 3.63) is 0 Å². The summed E-state index contributed by atoms with van der Waals surface area (Å²) in [6.45, 7) is 8.07. The molecule has 0 rings (SSSR count). The van der Waals surface area contributed by atoms with E-state index in [4.69, 9.17) is 11.9 Å². The van der Waals surface area contributed by atoms with Crippen molar-refractivity contribution in [3.63, 3.8) is 0 Å². The normalized spacial score (nSPS) is 12.8. The topological polar surface area (TPSA) is 9.23 Å². The molecule has 0 aliphatic heterocycles. The summed E-state index contributed by atoms with van der Waals surface area (Å²) in [6, 6.07) is 0. The Labute approximate surface area is 56.2 Å². The molecule has 0 N–H and O–H groups in total. The van der Waals surface area contributed by atoms with E-state index in [-0.39, 0.29) is 5.60 Å². The van der Waals surface area contributed by atoms with Crippen molar-refractivity contribution in [2.75, 3.05) is 0 Å². The molecule has 0 aliphatic carbocycles. The van der Waals surface area contributed by atoms with Crippen molar-refractivity contribution in [1.29, 1.82) is 0 Å². The van der Waals surface area contributed by atoms with Crippen LogP contribution in [0.5, 0.6) is 0 Å². The molecule has 0 saturated carbocycles. The van der Waals surface area contributed by atoms with Gasteiger partial charge < -0.3 is 0 Å². The second-order valence-electron chi connectivity index (χ2n) is 2.84. The third-order valence-electron chi connectivity index (χ3n) is 1.59. The molecule has 1 nitrogen and oxygen atoms in total. The third kappa shape index (κ3) is 2.01. The molecule has 2 heteroatoms. The molecule has 0 aromatic rings. The standard InChI is InChI=1S/C6H13ClO/c1-5(2)6(3,4)8-7/h5H,1-4H3. The number of hydrogen-bond donors (Lipinski definition) is 0. The predicted molar refractivity (Wildman–Crippen MR) is 35.9 cm³/mol. The van der Waals surface area contributed by atoms with Crippen LogP contribution in [0.4, 0.5) is 0 Å². The van der Waals surface area contributed by atoms with Gasteiger partial charge in [0.25, 0.3) is 0 Å². The molecule has 0 radical (unpaired) electrons. The molecule has 0 saturated heterocycles. The smallest absolute Gasteiger partial charge is 0.0864 e. The molecule has 0 aromatic carbocycles. The Bertz CT molecular complexity index is 68.9. The average Bonchev–Trinajstić information content (AvgIpc) is 1.67. The molecular weight excluding hydrogens is 124 g/mol. The van der Waals surface area contributed by atoms with Gasteiger partial charge in [-0.15, -0.1) is 0 Å². The van der Waals surface area contributed by atoms with Gasteiger partial charge in [0, 0.05) is 0 Å². The summed E-state index contributed by atoms with van der Waals surface area (Å²) in [6.07, 6.45) is 0. The lowest BCUT2D eigenvalue weighted by atomic mass is 9.95. The van der Waals surface area contributed by atoms with Gasteiger partial charge in [-0.1, -0.05) is 13.8 Å². The van der Waals surface area contributed by atoms with E-state index in [1.54, 1.807) is 0 Å². The molecule has 0 spiro atoms. The number of rotatable bonds is 2. The van der Waals surface area contributed by atoms with Gasteiger partial charge in [-0.25, -0.2) is 0 Å². The van der Waals surface area contributed by atoms with Gasteiger partial charge in [-0.05, 0) is 19.8 Å². The zero-order valence-corrected chi connectivity index (χ0v) is 6.62. The second kappa shape index (κ2) is 2.70. The second-order valence-corrected chi connectivity index (χ2v) is 2.99. The first-order valence-electron chi connectivity index (χ1n) is 2.80. The van der Waals surface area contributed by atoms with Crippen molar-refractivity contribution >= 4 is 11.9 Å². The number of halogens is 1. The van der Waals surface area contributed by atoms with Gasteiger partial charge in [0.1, 0.15) is 0 Å². The highest BCUT2D eigenvalue weighted by atomic mass is 35.5. The fourth-order valence-corrected chi connectivity index (χ4v) is 0.267. The Morgan fingerprint density at radius 1 is 1.38 bits per heavy atom. The van der Waals surface area contributed by atoms with Crippen molar-refractivity contribution in [2.24, 2.45) is 5.92 Å². The fraction of sp³-hybridized carbons (Fsp3) is 1.00. The zero-order valence-electron chi connectivity index (χ0n) is 5.86. The first-order valence-corrected chi connectivity index (χ1v) is 3.11. The van der Waals surface area contributed by atoms with Crippen LogP contribution in [0.3, 0.4) is 0 Å². The van der Waals surface area contributed by atoms with E-state index in [0.717, 1.165) is 0 Å². The zero-order chi connectivity index (χ0) is 6.78. The van der Waals surface area contributed by atoms with E-state index < -0.39 is 0 Å². The summed E-state index contributed by atoms with van der Waals surface area (Å²) in [5.74, 6) is 0.458. The first kappa shape index (κ1) is 8.25. The predicted octanol–water partition coefficient (Wildman–Crippen LogP) is 2.59. The van der Waals surface area contributed by atoms with Crippen molar-refractivity contribution in [1.82, 2.24) is 0 Å². The van der Waals surface area contributed by atoms with Gasteiger partial charge in [-0.3, -0.25) is 4.29 Å². The van der Waals surface area contributed by atoms with Crippen LogP contribution in [-0.4, -0.2) is 5.60 Å². The van der Waals surface area contributed by atoms with Crippen LogP contribution in [0, 0.1) is 5.92 Å². The fourth-order valence-electron chi connectivity index (χ4n) is 0.0891. The van der Waals surface area contributed by atoms with Gasteiger partial charge in [0.2, 0.25) is 0 Å². The lowest BCUT2D eigenvalue weighted by Crippen LogP contribution is -2.27. The molecule has 8 heavy (non-hydrogen) atoms. The molecule has 50 valence electrons. The van der Waals surface area contributed by atoms with E-state index in [1.807, 2.05) is 13.8 Å². The monoisotopic (exact) mass is 136 g/mol. The van der Waals surface area contributed by atoms with E-state index in [9.17, 15) is 0 Å². The Hall–Kier alpha value is 0.250. The lowest BCUT2D eigenvalue weighted by Gasteiger charge is -2.24. The molecule has 0 aliphatic rings. The molecule has 0 unspecified atom stereocenters. The SMILES string of the molecule is CC(C)C(C)(C)OCl. The van der Waals surface area contributed by atoms with Crippen LogP contribution in [-0.2, 0) is 4.29 Å². The van der Waals surface area contributed by atoms with E-state index in [0.29, 0.717) is 5.92 Å². The summed E-state index contributed by atoms with van der Waals surface area (Å²) in [5.41, 5.74) is -0.193. The molecular formula is C6H13ClO. The van der Waals surface area contributed by atoms with Crippen molar-refractivity contribution in [2.45, 2.75) is 33.3 Å². The van der Waals surface area contributed by atoms with Crippen LogP contribution in [0.15, 0.2) is 0 Å². The van der Waals surface area contributed by atoms with Crippen LogP contribution in [0.25, 0.3) is 0 Å². The van der Waals surface area contributed by atoms with Crippen molar-refractivity contribution < 1.29 is 4.29 Å². The molecule has 0 fully saturated rings. The van der Waals surface area contributed by atoms with E-state index in [2.05, 4.69) is 18.1 Å². The summed E-state index contributed by atoms with van der Waals surface area (Å²) >= 11 is 5.19. The molecule has 0 bridgehead atoms. The Kier molecular flexibility index (Phi) is 2.78. The van der Waals surface area contributed by atoms with Gasteiger partial charge in [0.05, 0.1) is 17.5 Å². The largest absolute Gasteiger partial charge is 0.273 e. The van der Waals surface area contributed by atoms with Gasteiger partial charge in [0.15, 0.2) is 0 Å². The first-order chi connectivity index (χ1) is 3.50. The van der Waals surface area contributed by atoms with Crippen LogP contribution in [0.1, 0.15) is 27.7 Å². The van der Waals surface area contributed by atoms with Crippen LogP contribution in [0.2, 0.25) is 0 Å². The Morgan fingerprint density at radius 3 is 1.75 bits per heavy atom. The highest BCUT2D eigenvalue weighted by Crippen LogP contribution is 2.21. The number of hydrogen-bond acceptors (Lipinski definition) is 1.